The van der Waals surface area contributed by atoms with Crippen LogP contribution in [0, 0.1) is 5.92 Å². The molecule has 0 aliphatic carbocycles. The fourth-order valence-electron chi connectivity index (χ4n) is 2.71. The van der Waals surface area contributed by atoms with Gasteiger partial charge in [-0.1, -0.05) is 6.92 Å². The number of hydrogen-bond donors (Lipinski definition) is 1. The van der Waals surface area contributed by atoms with Crippen LogP contribution < -0.4 is 5.32 Å². The van der Waals surface area contributed by atoms with Gasteiger partial charge in [-0.2, -0.15) is 0 Å². The van der Waals surface area contributed by atoms with Crippen molar-refractivity contribution in [3.63, 3.8) is 0 Å². The summed E-state index contributed by atoms with van der Waals surface area (Å²) < 4.78 is 10.8. The molecule has 1 unspecified atom stereocenters. The first-order chi connectivity index (χ1) is 11.6. The van der Waals surface area contributed by atoms with Crippen LogP contribution in [0.25, 0.3) is 0 Å². The van der Waals surface area contributed by atoms with E-state index in [0.717, 1.165) is 11.5 Å². The Balaban J connectivity index is 1.55. The van der Waals surface area contributed by atoms with Gasteiger partial charge in [-0.25, -0.2) is 4.99 Å². The third-order valence-electron chi connectivity index (χ3n) is 4.07. The van der Waals surface area contributed by atoms with Crippen molar-refractivity contribution in [3.05, 3.63) is 35.3 Å². The number of nitrogens with one attached hydrogen (secondary N) is 1. The third kappa shape index (κ3) is 3.20. The normalized spacial score (nSPS) is 19.9. The first-order valence-electron chi connectivity index (χ1n) is 8.14. The van der Waals surface area contributed by atoms with Gasteiger partial charge >= 0.3 is 5.97 Å². The molecular weight excluding hydrogens is 310 g/mol. The fourth-order valence-corrected chi connectivity index (χ4v) is 2.71. The molecule has 24 heavy (non-hydrogen) atoms. The molecular formula is C17H21N3O4. The van der Waals surface area contributed by atoms with Crippen LogP contribution in [-0.4, -0.2) is 42.6 Å². The van der Waals surface area contributed by atoms with E-state index in [1.54, 1.807) is 19.3 Å². The summed E-state index contributed by atoms with van der Waals surface area (Å²) in [5.41, 5.74) is 1.45. The van der Waals surface area contributed by atoms with Crippen molar-refractivity contribution in [2.45, 2.75) is 26.7 Å². The summed E-state index contributed by atoms with van der Waals surface area (Å²) in [5.74, 6) is 1.08. The molecule has 7 nitrogen and oxygen atoms in total. The monoisotopic (exact) mass is 331 g/mol. The second-order valence-electron chi connectivity index (χ2n) is 5.84. The van der Waals surface area contributed by atoms with Gasteiger partial charge in [0.1, 0.15) is 11.5 Å². The number of fused-ring (bicyclic) bond motifs is 2. The van der Waals surface area contributed by atoms with Gasteiger partial charge in [0.25, 0.3) is 0 Å². The van der Waals surface area contributed by atoms with Gasteiger partial charge in [0, 0.05) is 24.9 Å². The van der Waals surface area contributed by atoms with E-state index in [-0.39, 0.29) is 17.7 Å². The van der Waals surface area contributed by atoms with E-state index < -0.39 is 0 Å². The molecule has 0 bridgehead atoms. The van der Waals surface area contributed by atoms with Crippen LogP contribution >= 0.6 is 0 Å². The molecule has 0 aromatic rings. The van der Waals surface area contributed by atoms with Crippen molar-refractivity contribution >= 4 is 18.0 Å². The number of Topliss-reactive ketones (excluding diaryl/α,β-unsaturated/α-hetero) is 1. The zero-order valence-electron chi connectivity index (χ0n) is 13.9. The Morgan fingerprint density at radius 1 is 1.50 bits per heavy atom. The zero-order valence-corrected chi connectivity index (χ0v) is 13.9. The second-order valence-corrected chi connectivity index (χ2v) is 5.84. The molecule has 128 valence electrons. The molecule has 0 radical (unpaired) electrons. The SMILES string of the molecule is CCOC(=O)C(C)CCOC1=CC2=CNC3=C(N=CCC3=O)N2C1. The van der Waals surface area contributed by atoms with Crippen LogP contribution in [0.4, 0.5) is 0 Å². The number of hydrogen-bond acceptors (Lipinski definition) is 7. The minimum absolute atomic E-state index is 0.0351. The summed E-state index contributed by atoms with van der Waals surface area (Å²) in [6.45, 7) is 4.99. The number of aliphatic imine (C=N–C) groups is 1. The molecule has 0 fully saturated rings. The van der Waals surface area contributed by atoms with E-state index in [9.17, 15) is 9.59 Å². The van der Waals surface area contributed by atoms with Gasteiger partial charge in [0.2, 0.25) is 0 Å². The van der Waals surface area contributed by atoms with Crippen LogP contribution in [-0.2, 0) is 19.1 Å². The highest BCUT2D eigenvalue weighted by atomic mass is 16.5. The smallest absolute Gasteiger partial charge is 0.308 e. The van der Waals surface area contributed by atoms with Crippen LogP contribution in [0.3, 0.4) is 0 Å². The van der Waals surface area contributed by atoms with E-state index >= 15 is 0 Å². The molecule has 0 aromatic carbocycles. The Morgan fingerprint density at radius 3 is 3.12 bits per heavy atom. The van der Waals surface area contributed by atoms with E-state index in [1.165, 1.54) is 0 Å². The summed E-state index contributed by atoms with van der Waals surface area (Å²) in [6.07, 6.45) is 6.25. The number of carbonyl (C=O) groups excluding carboxylic acids is 2. The van der Waals surface area contributed by atoms with Crippen molar-refractivity contribution in [1.82, 2.24) is 10.2 Å². The van der Waals surface area contributed by atoms with Crippen LogP contribution in [0.15, 0.2) is 40.2 Å². The molecule has 3 heterocycles. The number of allylic oxidation sites excluding steroid dienone is 2. The fraction of sp³-hybridized carbons (Fsp3) is 0.471. The average molecular weight is 331 g/mol. The van der Waals surface area contributed by atoms with E-state index in [0.29, 0.717) is 44.1 Å². The molecule has 0 spiro atoms. The van der Waals surface area contributed by atoms with E-state index in [2.05, 4.69) is 10.3 Å². The van der Waals surface area contributed by atoms with Crippen molar-refractivity contribution in [2.75, 3.05) is 19.8 Å². The van der Waals surface area contributed by atoms with Crippen LogP contribution in [0.1, 0.15) is 26.7 Å². The Hall–Kier alpha value is -2.57. The Labute approximate surface area is 140 Å². The minimum Gasteiger partial charge on any atom is -0.496 e. The highest BCUT2D eigenvalue weighted by molar-refractivity contribution is 6.05. The average Bonchev–Trinajstić information content (AvgIpc) is 2.98. The van der Waals surface area contributed by atoms with Crippen molar-refractivity contribution < 1.29 is 19.1 Å². The molecule has 1 N–H and O–H groups in total. The lowest BCUT2D eigenvalue weighted by Crippen LogP contribution is -2.33. The van der Waals surface area contributed by atoms with Crippen molar-refractivity contribution in [1.29, 1.82) is 0 Å². The number of rotatable bonds is 6. The summed E-state index contributed by atoms with van der Waals surface area (Å²) in [7, 11) is 0. The van der Waals surface area contributed by atoms with Crippen LogP contribution in [0.2, 0.25) is 0 Å². The van der Waals surface area contributed by atoms with E-state index in [1.807, 2.05) is 17.9 Å². The summed E-state index contributed by atoms with van der Waals surface area (Å²) in [6, 6.07) is 0. The van der Waals surface area contributed by atoms with Gasteiger partial charge in [0.15, 0.2) is 11.6 Å². The number of esters is 1. The first-order valence-corrected chi connectivity index (χ1v) is 8.14. The maximum Gasteiger partial charge on any atom is 0.308 e. The lowest BCUT2D eigenvalue weighted by atomic mass is 10.1. The Morgan fingerprint density at radius 2 is 2.33 bits per heavy atom. The number of nitrogens with zero attached hydrogens (tertiary/aromatic N) is 2. The molecule has 0 amide bonds. The third-order valence-corrected chi connectivity index (χ3v) is 4.07. The number of ether oxygens (including phenoxy) is 2. The largest absolute Gasteiger partial charge is 0.496 e. The molecule has 3 rings (SSSR count). The van der Waals surface area contributed by atoms with Crippen molar-refractivity contribution in [3.8, 4) is 0 Å². The molecule has 0 saturated carbocycles. The molecule has 3 aliphatic heterocycles. The molecule has 0 saturated heterocycles. The summed E-state index contributed by atoms with van der Waals surface area (Å²) in [5, 5.41) is 3.02. The summed E-state index contributed by atoms with van der Waals surface area (Å²) in [4.78, 5) is 29.8. The maximum atomic E-state index is 11.9. The van der Waals surface area contributed by atoms with Gasteiger partial charge in [-0.3, -0.25) is 9.59 Å². The van der Waals surface area contributed by atoms with Gasteiger partial charge in [-0.05, 0) is 13.3 Å². The van der Waals surface area contributed by atoms with Crippen molar-refractivity contribution in [2.24, 2.45) is 10.9 Å². The lowest BCUT2D eigenvalue weighted by molar-refractivity contribution is -0.147. The Kier molecular flexibility index (Phi) is 4.69. The van der Waals surface area contributed by atoms with Gasteiger partial charge in [0.05, 0.1) is 31.4 Å². The quantitative estimate of drug-likeness (QED) is 0.742. The molecule has 7 heteroatoms. The number of carbonyl (C=O) groups is 2. The maximum absolute atomic E-state index is 11.9. The highest BCUT2D eigenvalue weighted by Crippen LogP contribution is 2.31. The number of ketones is 1. The molecule has 3 aliphatic rings. The second kappa shape index (κ2) is 6.90. The first kappa shape index (κ1) is 16.3. The topological polar surface area (TPSA) is 80.2 Å². The van der Waals surface area contributed by atoms with Crippen LogP contribution in [0.5, 0.6) is 0 Å². The predicted molar refractivity (Wildman–Crippen MR) is 87.5 cm³/mol. The standard InChI is InChI=1S/C17H21N3O4/c1-3-23-17(22)11(2)5-7-24-13-8-12-9-19-15-14(21)4-6-18-16(15)20(12)10-13/h6,8-9,11,19H,3-5,7,10H2,1-2H3. The zero-order chi connectivity index (χ0) is 17.1. The molecule has 0 aromatic heterocycles. The lowest BCUT2D eigenvalue weighted by Gasteiger charge is -2.28. The van der Waals surface area contributed by atoms with Gasteiger partial charge in [-0.15, -0.1) is 0 Å². The predicted octanol–water partition coefficient (Wildman–Crippen LogP) is 1.45. The highest BCUT2D eigenvalue weighted by Gasteiger charge is 2.31. The van der Waals surface area contributed by atoms with E-state index in [4.69, 9.17) is 9.47 Å². The Bertz CT molecular complexity index is 675. The molecule has 1 atom stereocenters. The minimum atomic E-state index is -0.198. The summed E-state index contributed by atoms with van der Waals surface area (Å²) >= 11 is 0. The van der Waals surface area contributed by atoms with Gasteiger partial charge < -0.3 is 19.7 Å².